The highest BCUT2D eigenvalue weighted by Gasteiger charge is 2.20. The van der Waals surface area contributed by atoms with E-state index >= 15 is 0 Å². The molecule has 0 saturated carbocycles. The van der Waals surface area contributed by atoms with Crippen molar-refractivity contribution in [1.29, 1.82) is 0 Å². The molecule has 3 N–H and O–H groups in total. The first-order valence-electron chi connectivity index (χ1n) is 6.43. The summed E-state index contributed by atoms with van der Waals surface area (Å²) < 4.78 is 5.56. The van der Waals surface area contributed by atoms with Gasteiger partial charge < -0.3 is 15.6 Å². The molecular weight excluding hydrogens is 256 g/mol. The van der Waals surface area contributed by atoms with Crippen LogP contribution in [-0.4, -0.2) is 16.0 Å². The summed E-state index contributed by atoms with van der Waals surface area (Å²) in [5.74, 6) is -0.192. The highest BCUT2D eigenvalue weighted by Crippen LogP contribution is 2.33. The molecule has 2 aromatic rings. The number of benzene rings is 1. The zero-order valence-electron chi connectivity index (χ0n) is 10.8. The van der Waals surface area contributed by atoms with Gasteiger partial charge in [0.25, 0.3) is 5.91 Å². The Morgan fingerprint density at radius 2 is 2.10 bits per heavy atom. The Morgan fingerprint density at radius 1 is 1.30 bits per heavy atom. The van der Waals surface area contributed by atoms with Crippen molar-refractivity contribution in [1.82, 2.24) is 4.98 Å². The van der Waals surface area contributed by atoms with E-state index in [4.69, 9.17) is 10.5 Å². The molecule has 3 rings (SSSR count). The number of phenolic OH excluding ortho intramolecular Hbond substituents is 1. The van der Waals surface area contributed by atoms with Crippen LogP contribution in [0.25, 0.3) is 0 Å². The Morgan fingerprint density at radius 3 is 2.85 bits per heavy atom. The van der Waals surface area contributed by atoms with Crippen molar-refractivity contribution >= 4 is 5.91 Å². The number of ether oxygens (including phenoxy) is 1. The smallest absolute Gasteiger partial charge is 0.254 e. The minimum atomic E-state index is -0.586. The van der Waals surface area contributed by atoms with Crippen LogP contribution in [0.5, 0.6) is 17.4 Å². The summed E-state index contributed by atoms with van der Waals surface area (Å²) in [5.41, 5.74) is 7.60. The van der Waals surface area contributed by atoms with E-state index in [1.54, 1.807) is 24.3 Å². The van der Waals surface area contributed by atoms with Crippen LogP contribution >= 0.6 is 0 Å². The maximum Gasteiger partial charge on any atom is 0.254 e. The van der Waals surface area contributed by atoms with Crippen LogP contribution in [0.2, 0.25) is 0 Å². The highest BCUT2D eigenvalue weighted by molar-refractivity contribution is 5.95. The lowest BCUT2D eigenvalue weighted by molar-refractivity contribution is 0.0997. The van der Waals surface area contributed by atoms with Gasteiger partial charge in [-0.1, -0.05) is 12.1 Å². The SMILES string of the molecule is NC(=O)c1cc2c(nc1Oc1ccccc1O)CCC2. The number of primary amides is 1. The molecule has 0 fully saturated rings. The average Bonchev–Trinajstić information content (AvgIpc) is 2.87. The van der Waals surface area contributed by atoms with Crippen molar-refractivity contribution in [3.63, 3.8) is 0 Å². The fourth-order valence-electron chi connectivity index (χ4n) is 2.36. The molecule has 1 aliphatic rings. The normalized spacial score (nSPS) is 13.0. The van der Waals surface area contributed by atoms with E-state index in [1.165, 1.54) is 6.07 Å². The molecule has 0 spiro atoms. The largest absolute Gasteiger partial charge is 0.504 e. The Labute approximate surface area is 116 Å². The molecule has 1 aromatic heterocycles. The predicted octanol–water partition coefficient (Wildman–Crippen LogP) is 2.17. The fourth-order valence-corrected chi connectivity index (χ4v) is 2.36. The average molecular weight is 270 g/mol. The van der Waals surface area contributed by atoms with Crippen LogP contribution in [0.15, 0.2) is 30.3 Å². The van der Waals surface area contributed by atoms with Crippen LogP contribution in [-0.2, 0) is 12.8 Å². The second-order valence-corrected chi connectivity index (χ2v) is 4.73. The number of carbonyl (C=O) groups is 1. The molecule has 0 bridgehead atoms. The summed E-state index contributed by atoms with van der Waals surface area (Å²) in [5, 5.41) is 9.73. The standard InChI is InChI=1S/C15H14N2O3/c16-14(19)10-8-9-4-3-5-11(9)17-15(10)20-13-7-2-1-6-12(13)18/h1-2,6-8,18H,3-5H2,(H2,16,19). The Balaban J connectivity index is 2.04. The molecule has 1 aliphatic carbocycles. The molecule has 0 saturated heterocycles. The van der Waals surface area contributed by atoms with Crippen LogP contribution in [0.4, 0.5) is 0 Å². The summed E-state index contributed by atoms with van der Waals surface area (Å²) in [6.45, 7) is 0. The van der Waals surface area contributed by atoms with Crippen LogP contribution < -0.4 is 10.5 Å². The Hall–Kier alpha value is -2.56. The van der Waals surface area contributed by atoms with Gasteiger partial charge in [0.1, 0.15) is 5.56 Å². The second-order valence-electron chi connectivity index (χ2n) is 4.73. The molecule has 1 aromatic carbocycles. The quantitative estimate of drug-likeness (QED) is 0.895. The number of fused-ring (bicyclic) bond motifs is 1. The van der Waals surface area contributed by atoms with Gasteiger partial charge in [-0.2, -0.15) is 0 Å². The molecule has 0 radical (unpaired) electrons. The molecular formula is C15H14N2O3. The maximum atomic E-state index is 11.5. The number of hydrogen-bond donors (Lipinski definition) is 2. The molecule has 20 heavy (non-hydrogen) atoms. The zero-order valence-corrected chi connectivity index (χ0v) is 10.8. The first kappa shape index (κ1) is 12.5. The first-order chi connectivity index (χ1) is 9.65. The number of aromatic nitrogens is 1. The van der Waals surface area contributed by atoms with E-state index < -0.39 is 5.91 Å². The third-order valence-electron chi connectivity index (χ3n) is 3.35. The zero-order chi connectivity index (χ0) is 14.1. The Bertz CT molecular complexity index is 683. The summed E-state index contributed by atoms with van der Waals surface area (Å²) in [7, 11) is 0. The third-order valence-corrected chi connectivity index (χ3v) is 3.35. The molecule has 1 heterocycles. The summed E-state index contributed by atoms with van der Waals surface area (Å²) in [6, 6.07) is 8.27. The van der Waals surface area contributed by atoms with Crippen molar-refractivity contribution in [3.8, 4) is 17.4 Å². The molecule has 0 aliphatic heterocycles. The number of hydrogen-bond acceptors (Lipinski definition) is 4. The van der Waals surface area contributed by atoms with Gasteiger partial charge in [-0.3, -0.25) is 4.79 Å². The van der Waals surface area contributed by atoms with Gasteiger partial charge in [-0.05, 0) is 43.0 Å². The van der Waals surface area contributed by atoms with Gasteiger partial charge in [0.05, 0.1) is 0 Å². The fraction of sp³-hybridized carbons (Fsp3) is 0.200. The van der Waals surface area contributed by atoms with E-state index in [0.29, 0.717) is 0 Å². The Kier molecular flexibility index (Phi) is 3.02. The topological polar surface area (TPSA) is 85.4 Å². The van der Waals surface area contributed by atoms with Crippen LogP contribution in [0.3, 0.4) is 0 Å². The molecule has 102 valence electrons. The lowest BCUT2D eigenvalue weighted by atomic mass is 10.1. The summed E-state index contributed by atoms with van der Waals surface area (Å²) in [4.78, 5) is 15.9. The van der Waals surface area contributed by atoms with Gasteiger partial charge in [-0.25, -0.2) is 4.98 Å². The summed E-state index contributed by atoms with van der Waals surface area (Å²) in [6.07, 6.45) is 2.78. The van der Waals surface area contributed by atoms with Crippen molar-refractivity contribution in [2.75, 3.05) is 0 Å². The van der Waals surface area contributed by atoms with Gasteiger partial charge in [0.15, 0.2) is 11.5 Å². The third kappa shape index (κ3) is 2.18. The molecule has 5 heteroatoms. The minimum Gasteiger partial charge on any atom is -0.504 e. The van der Waals surface area contributed by atoms with Crippen molar-refractivity contribution < 1.29 is 14.6 Å². The number of aryl methyl sites for hydroxylation is 2. The van der Waals surface area contributed by atoms with Gasteiger partial charge in [-0.15, -0.1) is 0 Å². The number of para-hydroxylation sites is 2. The molecule has 0 unspecified atom stereocenters. The number of aromatic hydroxyl groups is 1. The number of carbonyl (C=O) groups excluding carboxylic acids is 1. The van der Waals surface area contributed by atoms with Gasteiger partial charge in [0.2, 0.25) is 5.88 Å². The van der Waals surface area contributed by atoms with Gasteiger partial charge in [0, 0.05) is 5.69 Å². The molecule has 0 atom stereocenters. The van der Waals surface area contributed by atoms with E-state index in [9.17, 15) is 9.90 Å². The lowest BCUT2D eigenvalue weighted by Crippen LogP contribution is -2.14. The maximum absolute atomic E-state index is 11.5. The first-order valence-corrected chi connectivity index (χ1v) is 6.43. The van der Waals surface area contributed by atoms with Crippen molar-refractivity contribution in [2.45, 2.75) is 19.3 Å². The van der Waals surface area contributed by atoms with E-state index in [1.807, 2.05) is 0 Å². The predicted molar refractivity (Wildman–Crippen MR) is 73.0 cm³/mol. The van der Waals surface area contributed by atoms with E-state index in [2.05, 4.69) is 4.98 Å². The molecule has 1 amide bonds. The van der Waals surface area contributed by atoms with E-state index in [-0.39, 0.29) is 22.9 Å². The van der Waals surface area contributed by atoms with E-state index in [0.717, 1.165) is 30.5 Å². The van der Waals surface area contributed by atoms with Crippen molar-refractivity contribution in [3.05, 3.63) is 47.2 Å². The lowest BCUT2D eigenvalue weighted by Gasteiger charge is -2.11. The van der Waals surface area contributed by atoms with Gasteiger partial charge >= 0.3 is 0 Å². The monoisotopic (exact) mass is 270 g/mol. The number of rotatable bonds is 3. The highest BCUT2D eigenvalue weighted by atomic mass is 16.5. The summed E-state index contributed by atoms with van der Waals surface area (Å²) >= 11 is 0. The minimum absolute atomic E-state index is 0.00906. The number of amides is 1. The number of nitrogens with zero attached hydrogens (tertiary/aromatic N) is 1. The van der Waals surface area contributed by atoms with Crippen molar-refractivity contribution in [2.24, 2.45) is 5.73 Å². The number of phenols is 1. The molecule has 5 nitrogen and oxygen atoms in total. The van der Waals surface area contributed by atoms with Crippen LogP contribution in [0.1, 0.15) is 28.0 Å². The number of nitrogens with two attached hydrogens (primary N) is 1. The second kappa shape index (κ2) is 4.85. The van der Waals surface area contributed by atoms with Crippen LogP contribution in [0, 0.1) is 0 Å². The number of pyridine rings is 1.